The van der Waals surface area contributed by atoms with E-state index in [1.165, 1.54) is 30.7 Å². The van der Waals surface area contributed by atoms with Gasteiger partial charge in [-0.2, -0.15) is 0 Å². The fraction of sp³-hybridized carbons (Fsp3) is 0.0714. The maximum atomic E-state index is 12.6. The minimum Gasteiger partial charge on any atom is -0.495 e. The van der Waals surface area contributed by atoms with Crippen molar-refractivity contribution < 1.29 is 14.5 Å². The van der Waals surface area contributed by atoms with Gasteiger partial charge in [-0.1, -0.05) is 6.07 Å². The van der Waals surface area contributed by atoms with Crippen LogP contribution in [0.25, 0.3) is 10.9 Å². The number of fused-ring (bicyclic) bond motifs is 1. The van der Waals surface area contributed by atoms with Gasteiger partial charge in [-0.25, -0.2) is 0 Å². The van der Waals surface area contributed by atoms with Crippen LogP contribution >= 0.6 is 11.3 Å². The molecule has 0 spiro atoms. The Hall–Kier alpha value is -2.67. The lowest BCUT2D eigenvalue weighted by molar-refractivity contribution is -0.383. The van der Waals surface area contributed by atoms with Crippen molar-refractivity contribution in [2.24, 2.45) is 0 Å². The number of benzene rings is 1. The zero-order chi connectivity index (χ0) is 15.0. The number of non-ortho nitro benzene ring substituents is 1. The van der Waals surface area contributed by atoms with Crippen LogP contribution in [-0.4, -0.2) is 22.8 Å². The number of aromatic amines is 1. The molecule has 7 heteroatoms. The number of ketones is 1. The number of nitro groups is 1. The van der Waals surface area contributed by atoms with Crippen molar-refractivity contribution in [3.8, 4) is 5.75 Å². The average Bonchev–Trinajstić information content (AvgIpc) is 3.12. The Kier molecular flexibility index (Phi) is 3.19. The number of hydrogen-bond donors (Lipinski definition) is 1. The molecule has 0 bridgehead atoms. The van der Waals surface area contributed by atoms with Crippen LogP contribution in [0.3, 0.4) is 0 Å². The molecule has 0 aliphatic heterocycles. The lowest BCUT2D eigenvalue weighted by Gasteiger charge is -2.01. The third-order valence-corrected chi connectivity index (χ3v) is 4.07. The van der Waals surface area contributed by atoms with E-state index in [2.05, 4.69) is 4.98 Å². The maximum absolute atomic E-state index is 12.6. The molecule has 0 aliphatic rings. The highest BCUT2D eigenvalue weighted by Crippen LogP contribution is 2.33. The standard InChI is InChI=1S/C14H10N2O4S/c1-20-11-5-6-21-14(11)13(17)8-7-15-9-3-2-4-10(12(8)9)16(18)19/h2-7,15H,1H3. The number of nitrogens with one attached hydrogen (secondary N) is 1. The number of carbonyl (C=O) groups excluding carboxylic acids is 1. The number of rotatable bonds is 4. The molecular weight excluding hydrogens is 292 g/mol. The molecule has 1 aromatic carbocycles. The molecule has 106 valence electrons. The van der Waals surface area contributed by atoms with E-state index < -0.39 is 4.92 Å². The number of H-pyrrole nitrogens is 1. The quantitative estimate of drug-likeness (QED) is 0.455. The molecule has 21 heavy (non-hydrogen) atoms. The number of nitrogens with zero attached hydrogens (tertiary/aromatic N) is 1. The highest BCUT2D eigenvalue weighted by Gasteiger charge is 2.24. The molecule has 0 saturated heterocycles. The van der Waals surface area contributed by atoms with Crippen LogP contribution < -0.4 is 4.74 Å². The summed E-state index contributed by atoms with van der Waals surface area (Å²) >= 11 is 1.24. The van der Waals surface area contributed by atoms with Gasteiger partial charge in [0.1, 0.15) is 10.6 Å². The summed E-state index contributed by atoms with van der Waals surface area (Å²) in [4.78, 5) is 26.6. The first-order chi connectivity index (χ1) is 10.1. The van der Waals surface area contributed by atoms with Gasteiger partial charge >= 0.3 is 0 Å². The number of thiophene rings is 1. The molecule has 0 radical (unpaired) electrons. The number of ether oxygens (including phenoxy) is 1. The van der Waals surface area contributed by atoms with Crippen molar-refractivity contribution in [3.05, 3.63) is 56.4 Å². The summed E-state index contributed by atoms with van der Waals surface area (Å²) in [6, 6.07) is 6.36. The number of aromatic nitrogens is 1. The van der Waals surface area contributed by atoms with E-state index in [-0.39, 0.29) is 17.0 Å². The van der Waals surface area contributed by atoms with E-state index in [1.807, 2.05) is 0 Å². The van der Waals surface area contributed by atoms with Crippen LogP contribution in [0.1, 0.15) is 15.2 Å². The molecule has 0 saturated carbocycles. The van der Waals surface area contributed by atoms with Crippen molar-refractivity contribution in [1.82, 2.24) is 4.98 Å². The molecule has 6 nitrogen and oxygen atoms in total. The summed E-state index contributed by atoms with van der Waals surface area (Å²) in [5.74, 6) is 0.181. The fourth-order valence-electron chi connectivity index (χ4n) is 2.24. The molecule has 2 aromatic heterocycles. The van der Waals surface area contributed by atoms with E-state index in [9.17, 15) is 14.9 Å². The van der Waals surface area contributed by atoms with Crippen molar-refractivity contribution >= 4 is 33.7 Å². The highest BCUT2D eigenvalue weighted by atomic mass is 32.1. The Labute approximate surface area is 123 Å². The van der Waals surface area contributed by atoms with Gasteiger partial charge in [-0.15, -0.1) is 11.3 Å². The summed E-state index contributed by atoms with van der Waals surface area (Å²) in [5.41, 5.74) is 0.744. The second-order valence-corrected chi connectivity index (χ2v) is 5.22. The van der Waals surface area contributed by atoms with E-state index in [0.717, 1.165) is 0 Å². The minimum absolute atomic E-state index is 0.0902. The Morgan fingerprint density at radius 3 is 2.90 bits per heavy atom. The van der Waals surface area contributed by atoms with E-state index >= 15 is 0 Å². The Bertz CT molecular complexity index is 850. The second-order valence-electron chi connectivity index (χ2n) is 4.31. The van der Waals surface area contributed by atoms with Gasteiger partial charge in [0, 0.05) is 12.3 Å². The van der Waals surface area contributed by atoms with Crippen LogP contribution in [0.2, 0.25) is 0 Å². The van der Waals surface area contributed by atoms with Gasteiger partial charge in [-0.05, 0) is 17.5 Å². The fourth-order valence-corrected chi connectivity index (χ4v) is 3.06. The lowest BCUT2D eigenvalue weighted by Crippen LogP contribution is -2.01. The number of hydrogen-bond acceptors (Lipinski definition) is 5. The van der Waals surface area contributed by atoms with Crippen LogP contribution in [0.15, 0.2) is 35.8 Å². The van der Waals surface area contributed by atoms with Crippen LogP contribution in [0.5, 0.6) is 5.75 Å². The van der Waals surface area contributed by atoms with E-state index in [0.29, 0.717) is 21.5 Å². The molecule has 0 aliphatic carbocycles. The predicted octanol–water partition coefficient (Wildman–Crippen LogP) is 3.38. The van der Waals surface area contributed by atoms with Crippen molar-refractivity contribution in [3.63, 3.8) is 0 Å². The summed E-state index contributed by atoms with van der Waals surface area (Å²) in [6.07, 6.45) is 1.50. The summed E-state index contributed by atoms with van der Waals surface area (Å²) < 4.78 is 5.14. The summed E-state index contributed by atoms with van der Waals surface area (Å²) in [5, 5.41) is 13.2. The maximum Gasteiger partial charge on any atom is 0.279 e. The highest BCUT2D eigenvalue weighted by molar-refractivity contribution is 7.12. The molecule has 3 rings (SSSR count). The van der Waals surface area contributed by atoms with Gasteiger partial charge in [0.15, 0.2) is 0 Å². The average molecular weight is 302 g/mol. The molecular formula is C14H10N2O4S. The van der Waals surface area contributed by atoms with Crippen molar-refractivity contribution in [2.75, 3.05) is 7.11 Å². The first kappa shape index (κ1) is 13.3. The summed E-state index contributed by atoms with van der Waals surface area (Å²) in [7, 11) is 1.48. The predicted molar refractivity (Wildman–Crippen MR) is 79.3 cm³/mol. The third kappa shape index (κ3) is 2.07. The van der Waals surface area contributed by atoms with Crippen LogP contribution in [0.4, 0.5) is 5.69 Å². The lowest BCUT2D eigenvalue weighted by atomic mass is 10.1. The van der Waals surface area contributed by atoms with Gasteiger partial charge in [0.05, 0.1) is 28.5 Å². The zero-order valence-corrected chi connectivity index (χ0v) is 11.8. The molecule has 2 heterocycles. The van der Waals surface area contributed by atoms with Gasteiger partial charge in [0.25, 0.3) is 5.69 Å². The number of methoxy groups -OCH3 is 1. The topological polar surface area (TPSA) is 85.2 Å². The summed E-state index contributed by atoms with van der Waals surface area (Å²) in [6.45, 7) is 0. The van der Waals surface area contributed by atoms with Crippen molar-refractivity contribution in [2.45, 2.75) is 0 Å². The Balaban J connectivity index is 2.21. The Morgan fingerprint density at radius 2 is 2.19 bits per heavy atom. The zero-order valence-electron chi connectivity index (χ0n) is 11.0. The molecule has 0 amide bonds. The second kappa shape index (κ2) is 5.02. The minimum atomic E-state index is -0.487. The third-order valence-electron chi connectivity index (χ3n) is 3.18. The van der Waals surface area contributed by atoms with Gasteiger partial charge in [-0.3, -0.25) is 14.9 Å². The largest absolute Gasteiger partial charge is 0.495 e. The van der Waals surface area contributed by atoms with E-state index in [1.54, 1.807) is 23.6 Å². The molecule has 0 unspecified atom stereocenters. The first-order valence-electron chi connectivity index (χ1n) is 6.04. The smallest absolute Gasteiger partial charge is 0.279 e. The first-order valence-corrected chi connectivity index (χ1v) is 6.92. The molecule has 0 fully saturated rings. The normalized spacial score (nSPS) is 10.7. The molecule has 3 aromatic rings. The van der Waals surface area contributed by atoms with Crippen LogP contribution in [0, 0.1) is 10.1 Å². The molecule has 0 atom stereocenters. The van der Waals surface area contributed by atoms with E-state index in [4.69, 9.17) is 4.74 Å². The number of carbonyl (C=O) groups is 1. The molecule has 1 N–H and O–H groups in total. The van der Waals surface area contributed by atoms with Crippen molar-refractivity contribution in [1.29, 1.82) is 0 Å². The van der Waals surface area contributed by atoms with Gasteiger partial charge in [0.2, 0.25) is 5.78 Å². The van der Waals surface area contributed by atoms with Gasteiger partial charge < -0.3 is 9.72 Å². The van der Waals surface area contributed by atoms with Crippen LogP contribution in [-0.2, 0) is 0 Å². The number of nitro benzene ring substituents is 1. The monoisotopic (exact) mass is 302 g/mol. The Morgan fingerprint density at radius 1 is 1.38 bits per heavy atom. The SMILES string of the molecule is COc1ccsc1C(=O)c1c[nH]c2cccc([N+](=O)[O-])c12.